The molecule has 0 spiro atoms. The Balaban J connectivity index is 3.60. The van der Waals surface area contributed by atoms with Gasteiger partial charge in [0.05, 0.1) is 11.7 Å². The molecule has 1 atom stereocenters. The van der Waals surface area contributed by atoms with Crippen LogP contribution in [0.5, 0.6) is 0 Å². The van der Waals surface area contributed by atoms with E-state index in [0.717, 1.165) is 26.1 Å². The summed E-state index contributed by atoms with van der Waals surface area (Å²) in [5, 5.41) is 0. The summed E-state index contributed by atoms with van der Waals surface area (Å²) >= 11 is 0. The third kappa shape index (κ3) is 6.35. The molecule has 0 fully saturated rings. The van der Waals surface area contributed by atoms with Crippen LogP contribution in [0.4, 0.5) is 0 Å². The number of nitrogens with two attached hydrogens (primary N) is 1. The van der Waals surface area contributed by atoms with E-state index in [4.69, 9.17) is 15.2 Å². The highest BCUT2D eigenvalue weighted by molar-refractivity contribution is 4.66. The number of hydrogen-bond donors (Lipinski definition) is 1. The van der Waals surface area contributed by atoms with Crippen molar-refractivity contribution in [2.24, 2.45) is 5.73 Å². The Bertz CT molecular complexity index is 137. The van der Waals surface area contributed by atoms with Gasteiger partial charge in [-0.3, -0.25) is 0 Å². The third-order valence-corrected chi connectivity index (χ3v) is 2.45. The number of ether oxygens (including phenoxy) is 2. The molecule has 0 aliphatic carbocycles. The Kier molecular flexibility index (Phi) is 7.15. The molecule has 0 aromatic rings. The molecular formula is C11H25NO2. The fourth-order valence-corrected chi connectivity index (χ4v) is 1.07. The van der Waals surface area contributed by atoms with E-state index in [1.807, 2.05) is 6.92 Å². The van der Waals surface area contributed by atoms with Gasteiger partial charge in [0.2, 0.25) is 0 Å². The van der Waals surface area contributed by atoms with Gasteiger partial charge in [-0.1, -0.05) is 6.92 Å². The first-order valence-electron chi connectivity index (χ1n) is 5.51. The molecule has 0 aliphatic rings. The van der Waals surface area contributed by atoms with Gasteiger partial charge in [-0.2, -0.15) is 0 Å². The smallest absolute Gasteiger partial charge is 0.0719 e. The maximum Gasteiger partial charge on any atom is 0.0719 e. The maximum atomic E-state index is 5.72. The normalized spacial score (nSPS) is 14.4. The van der Waals surface area contributed by atoms with Crippen LogP contribution in [0.1, 0.15) is 40.5 Å². The lowest BCUT2D eigenvalue weighted by Gasteiger charge is -2.24. The lowest BCUT2D eigenvalue weighted by Crippen LogP contribution is -2.29. The standard InChI is InChI=1S/C11H25NO2/c1-5-11(3,4)14-8-7-10(9-12)13-6-2/h10H,5-9,12H2,1-4H3. The van der Waals surface area contributed by atoms with Crippen LogP contribution < -0.4 is 5.73 Å². The quantitative estimate of drug-likeness (QED) is 0.655. The third-order valence-electron chi connectivity index (χ3n) is 2.45. The predicted molar refractivity (Wildman–Crippen MR) is 59.4 cm³/mol. The Morgan fingerprint density at radius 3 is 2.36 bits per heavy atom. The van der Waals surface area contributed by atoms with Gasteiger partial charge in [0.15, 0.2) is 0 Å². The number of hydrogen-bond acceptors (Lipinski definition) is 3. The van der Waals surface area contributed by atoms with Crippen molar-refractivity contribution in [3.05, 3.63) is 0 Å². The first-order valence-corrected chi connectivity index (χ1v) is 5.51. The highest BCUT2D eigenvalue weighted by atomic mass is 16.5. The average Bonchev–Trinajstić information content (AvgIpc) is 2.16. The molecule has 0 radical (unpaired) electrons. The van der Waals surface area contributed by atoms with Gasteiger partial charge in [0.1, 0.15) is 0 Å². The highest BCUT2D eigenvalue weighted by Crippen LogP contribution is 2.14. The Morgan fingerprint density at radius 1 is 1.29 bits per heavy atom. The Hall–Kier alpha value is -0.120. The summed E-state index contributed by atoms with van der Waals surface area (Å²) in [5.41, 5.74) is 5.54. The topological polar surface area (TPSA) is 44.5 Å². The van der Waals surface area contributed by atoms with E-state index in [1.165, 1.54) is 0 Å². The second-order valence-electron chi connectivity index (χ2n) is 4.06. The summed E-state index contributed by atoms with van der Waals surface area (Å²) in [4.78, 5) is 0. The summed E-state index contributed by atoms with van der Waals surface area (Å²) in [7, 11) is 0. The molecule has 2 N–H and O–H groups in total. The molecule has 0 saturated heterocycles. The fraction of sp³-hybridized carbons (Fsp3) is 1.00. The molecule has 0 amide bonds. The fourth-order valence-electron chi connectivity index (χ4n) is 1.07. The van der Waals surface area contributed by atoms with Crippen molar-refractivity contribution in [3.8, 4) is 0 Å². The summed E-state index contributed by atoms with van der Waals surface area (Å²) < 4.78 is 11.2. The van der Waals surface area contributed by atoms with E-state index in [1.54, 1.807) is 0 Å². The molecule has 0 bridgehead atoms. The van der Waals surface area contributed by atoms with E-state index in [-0.39, 0.29) is 11.7 Å². The molecule has 0 aromatic heterocycles. The minimum Gasteiger partial charge on any atom is -0.377 e. The van der Waals surface area contributed by atoms with Crippen LogP contribution in [-0.4, -0.2) is 31.5 Å². The first kappa shape index (κ1) is 13.9. The molecule has 0 rings (SSSR count). The van der Waals surface area contributed by atoms with E-state index >= 15 is 0 Å². The molecule has 14 heavy (non-hydrogen) atoms. The predicted octanol–water partition coefficient (Wildman–Crippen LogP) is 1.95. The zero-order valence-electron chi connectivity index (χ0n) is 10.0. The van der Waals surface area contributed by atoms with Gasteiger partial charge in [-0.05, 0) is 33.6 Å². The van der Waals surface area contributed by atoms with Crippen LogP contribution in [0.15, 0.2) is 0 Å². The SMILES string of the molecule is CCOC(CN)CCOC(C)(C)CC. The first-order chi connectivity index (χ1) is 6.55. The van der Waals surface area contributed by atoms with Crippen molar-refractivity contribution in [2.45, 2.75) is 52.2 Å². The number of rotatable bonds is 8. The van der Waals surface area contributed by atoms with E-state index in [2.05, 4.69) is 20.8 Å². The average molecular weight is 203 g/mol. The van der Waals surface area contributed by atoms with Gasteiger partial charge in [0.25, 0.3) is 0 Å². The van der Waals surface area contributed by atoms with Gasteiger partial charge in [-0.15, -0.1) is 0 Å². The minimum absolute atomic E-state index is 0.0225. The molecule has 0 saturated carbocycles. The molecule has 0 aliphatic heterocycles. The summed E-state index contributed by atoms with van der Waals surface area (Å²) in [6.07, 6.45) is 2.05. The Labute approximate surface area is 88.0 Å². The molecule has 0 aromatic carbocycles. The lowest BCUT2D eigenvalue weighted by atomic mass is 10.1. The molecule has 0 heterocycles. The van der Waals surface area contributed by atoms with Crippen molar-refractivity contribution >= 4 is 0 Å². The molecule has 3 nitrogen and oxygen atoms in total. The van der Waals surface area contributed by atoms with Gasteiger partial charge < -0.3 is 15.2 Å². The van der Waals surface area contributed by atoms with Crippen molar-refractivity contribution in [2.75, 3.05) is 19.8 Å². The van der Waals surface area contributed by atoms with Crippen LogP contribution in [0, 0.1) is 0 Å². The Morgan fingerprint density at radius 2 is 1.93 bits per heavy atom. The summed E-state index contributed by atoms with van der Waals surface area (Å²) in [6.45, 7) is 10.3. The molecule has 1 unspecified atom stereocenters. The van der Waals surface area contributed by atoms with Crippen molar-refractivity contribution in [1.29, 1.82) is 0 Å². The van der Waals surface area contributed by atoms with Crippen molar-refractivity contribution in [3.63, 3.8) is 0 Å². The molecular weight excluding hydrogens is 178 g/mol. The molecule has 3 heteroatoms. The van der Waals surface area contributed by atoms with Crippen LogP contribution in [0.2, 0.25) is 0 Å². The minimum atomic E-state index is -0.0225. The van der Waals surface area contributed by atoms with E-state index in [9.17, 15) is 0 Å². The lowest BCUT2D eigenvalue weighted by molar-refractivity contribution is -0.0412. The van der Waals surface area contributed by atoms with Crippen LogP contribution in [0.25, 0.3) is 0 Å². The van der Waals surface area contributed by atoms with Crippen LogP contribution in [0.3, 0.4) is 0 Å². The van der Waals surface area contributed by atoms with E-state index in [0.29, 0.717) is 6.54 Å². The molecule has 86 valence electrons. The van der Waals surface area contributed by atoms with Crippen molar-refractivity contribution in [1.82, 2.24) is 0 Å². The van der Waals surface area contributed by atoms with Gasteiger partial charge in [-0.25, -0.2) is 0 Å². The monoisotopic (exact) mass is 203 g/mol. The van der Waals surface area contributed by atoms with Gasteiger partial charge in [0, 0.05) is 19.8 Å². The second kappa shape index (κ2) is 7.21. The van der Waals surface area contributed by atoms with Gasteiger partial charge >= 0.3 is 0 Å². The second-order valence-corrected chi connectivity index (χ2v) is 4.06. The van der Waals surface area contributed by atoms with Crippen LogP contribution in [-0.2, 0) is 9.47 Å². The van der Waals surface area contributed by atoms with Crippen LogP contribution >= 0.6 is 0 Å². The van der Waals surface area contributed by atoms with E-state index < -0.39 is 0 Å². The van der Waals surface area contributed by atoms with Crippen molar-refractivity contribution < 1.29 is 9.47 Å². The zero-order chi connectivity index (χ0) is 11.0. The maximum absolute atomic E-state index is 5.72. The summed E-state index contributed by atoms with van der Waals surface area (Å²) in [6, 6.07) is 0. The largest absolute Gasteiger partial charge is 0.377 e. The highest BCUT2D eigenvalue weighted by Gasteiger charge is 2.16. The summed E-state index contributed by atoms with van der Waals surface area (Å²) in [5.74, 6) is 0. The zero-order valence-corrected chi connectivity index (χ0v) is 10.0.